The fraction of sp³-hybridized carbons (Fsp3) is 0.130. The van der Waals surface area contributed by atoms with Gasteiger partial charge in [0.15, 0.2) is 0 Å². The molecule has 0 atom stereocenters. The third kappa shape index (κ3) is 3.89. The predicted molar refractivity (Wildman–Crippen MR) is 120 cm³/mol. The summed E-state index contributed by atoms with van der Waals surface area (Å²) in [4.78, 5) is 49.6. The second-order valence-corrected chi connectivity index (χ2v) is 7.57. The van der Waals surface area contributed by atoms with E-state index in [1.165, 1.54) is 22.9 Å². The molecule has 10 nitrogen and oxygen atoms in total. The lowest BCUT2D eigenvalue weighted by molar-refractivity contribution is -0.384. The summed E-state index contributed by atoms with van der Waals surface area (Å²) < 4.78 is 1.50. The van der Waals surface area contributed by atoms with Crippen LogP contribution in [0.25, 0.3) is 11.8 Å². The van der Waals surface area contributed by atoms with Gasteiger partial charge in [0.1, 0.15) is 5.57 Å². The first kappa shape index (κ1) is 21.6. The van der Waals surface area contributed by atoms with Crippen LogP contribution in [-0.4, -0.2) is 32.5 Å². The van der Waals surface area contributed by atoms with E-state index in [4.69, 9.17) is 0 Å². The lowest BCUT2D eigenvalue weighted by Gasteiger charge is -2.26. The average molecular weight is 445 g/mol. The van der Waals surface area contributed by atoms with Gasteiger partial charge in [-0.15, -0.1) is 0 Å². The Morgan fingerprint density at radius 2 is 1.70 bits per heavy atom. The van der Waals surface area contributed by atoms with E-state index in [0.717, 1.165) is 10.5 Å². The van der Waals surface area contributed by atoms with Crippen LogP contribution in [0.3, 0.4) is 0 Å². The molecule has 4 amide bonds. The van der Waals surface area contributed by atoms with Gasteiger partial charge in [0, 0.05) is 23.4 Å². The number of nitrogens with one attached hydrogen (secondary N) is 1. The van der Waals surface area contributed by atoms with Gasteiger partial charge >= 0.3 is 6.03 Å². The molecule has 0 radical (unpaired) electrons. The number of hydrogen-bond acceptors (Lipinski definition) is 6. The molecule has 1 saturated heterocycles. The Morgan fingerprint density at radius 3 is 2.39 bits per heavy atom. The van der Waals surface area contributed by atoms with Crippen molar-refractivity contribution in [3.8, 4) is 5.69 Å². The first-order valence-corrected chi connectivity index (χ1v) is 9.96. The van der Waals surface area contributed by atoms with Gasteiger partial charge in [-0.05, 0) is 50.6 Å². The first-order chi connectivity index (χ1) is 15.7. The normalized spacial score (nSPS) is 15.2. The van der Waals surface area contributed by atoms with Gasteiger partial charge in [-0.25, -0.2) is 14.4 Å². The van der Waals surface area contributed by atoms with E-state index >= 15 is 0 Å². The molecule has 10 heteroatoms. The van der Waals surface area contributed by atoms with Crippen LogP contribution in [0.15, 0.2) is 54.1 Å². The number of benzene rings is 2. The molecule has 4 rings (SSSR count). The molecule has 2 heterocycles. The molecule has 1 fully saturated rings. The van der Waals surface area contributed by atoms with Crippen molar-refractivity contribution in [2.75, 3.05) is 4.90 Å². The molecule has 0 spiro atoms. The zero-order valence-electron chi connectivity index (χ0n) is 18.0. The number of urea groups is 1. The van der Waals surface area contributed by atoms with Crippen LogP contribution >= 0.6 is 0 Å². The van der Waals surface area contributed by atoms with Gasteiger partial charge in [0.05, 0.1) is 22.0 Å². The molecule has 0 unspecified atom stereocenters. The molecule has 166 valence electrons. The summed E-state index contributed by atoms with van der Waals surface area (Å²) in [6, 6.07) is 12.0. The van der Waals surface area contributed by atoms with E-state index in [-0.39, 0.29) is 11.3 Å². The predicted octanol–water partition coefficient (Wildman–Crippen LogP) is 3.37. The van der Waals surface area contributed by atoms with Crippen molar-refractivity contribution in [1.82, 2.24) is 15.1 Å². The van der Waals surface area contributed by atoms with Crippen LogP contribution in [0.4, 0.5) is 16.2 Å². The number of nitrogens with zero attached hydrogens (tertiary/aromatic N) is 4. The highest BCUT2D eigenvalue weighted by molar-refractivity contribution is 6.39. The maximum absolute atomic E-state index is 13.2. The number of aryl methyl sites for hydroxylation is 2. The lowest BCUT2D eigenvalue weighted by Crippen LogP contribution is -2.54. The highest BCUT2D eigenvalue weighted by Gasteiger charge is 2.37. The van der Waals surface area contributed by atoms with Crippen molar-refractivity contribution < 1.29 is 19.3 Å². The van der Waals surface area contributed by atoms with Crippen molar-refractivity contribution in [1.29, 1.82) is 0 Å². The first-order valence-electron chi connectivity index (χ1n) is 9.96. The lowest BCUT2D eigenvalue weighted by atomic mass is 10.1. The van der Waals surface area contributed by atoms with Crippen LogP contribution in [0.5, 0.6) is 0 Å². The standard InChI is InChI=1S/C23H19N5O5/c1-13-6-4-7-16(10-13)26-22(30)20(21(29)24-23(26)31)12-19-14(2)25-27(15(19)3)17-8-5-9-18(11-17)28(32)33/h4-12H,1-3H3,(H,24,29,31)/b20-12+. The van der Waals surface area contributed by atoms with Crippen molar-refractivity contribution in [2.24, 2.45) is 0 Å². The van der Waals surface area contributed by atoms with Gasteiger partial charge in [-0.2, -0.15) is 5.10 Å². The van der Waals surface area contributed by atoms with Crippen molar-refractivity contribution >= 4 is 35.3 Å². The van der Waals surface area contributed by atoms with E-state index in [1.54, 1.807) is 44.2 Å². The maximum Gasteiger partial charge on any atom is 0.335 e. The molecule has 1 aromatic heterocycles. The Hall–Kier alpha value is -4.60. The molecule has 1 aliphatic heterocycles. The molecule has 0 saturated carbocycles. The van der Waals surface area contributed by atoms with E-state index in [0.29, 0.717) is 28.3 Å². The van der Waals surface area contributed by atoms with Crippen LogP contribution in [0.2, 0.25) is 0 Å². The minimum atomic E-state index is -0.825. The Morgan fingerprint density at radius 1 is 1.00 bits per heavy atom. The van der Waals surface area contributed by atoms with E-state index in [1.807, 2.05) is 13.0 Å². The molecule has 3 aromatic rings. The van der Waals surface area contributed by atoms with Gasteiger partial charge in [-0.1, -0.05) is 18.2 Å². The van der Waals surface area contributed by atoms with Gasteiger partial charge in [0.25, 0.3) is 17.5 Å². The fourth-order valence-corrected chi connectivity index (χ4v) is 3.66. The van der Waals surface area contributed by atoms with E-state index in [2.05, 4.69) is 10.4 Å². The molecular formula is C23H19N5O5. The number of nitro groups is 1. The van der Waals surface area contributed by atoms with Gasteiger partial charge in [0.2, 0.25) is 0 Å². The summed E-state index contributed by atoms with van der Waals surface area (Å²) in [5.74, 6) is -1.56. The van der Waals surface area contributed by atoms with Crippen molar-refractivity contribution in [3.05, 3.63) is 86.7 Å². The molecule has 0 aliphatic carbocycles. The van der Waals surface area contributed by atoms with Crippen LogP contribution < -0.4 is 10.2 Å². The summed E-state index contributed by atoms with van der Waals surface area (Å²) >= 11 is 0. The number of rotatable bonds is 4. The number of aromatic nitrogens is 2. The highest BCUT2D eigenvalue weighted by atomic mass is 16.6. The van der Waals surface area contributed by atoms with Crippen molar-refractivity contribution in [3.63, 3.8) is 0 Å². The number of nitro benzene ring substituents is 1. The van der Waals surface area contributed by atoms with Crippen LogP contribution in [-0.2, 0) is 9.59 Å². The minimum absolute atomic E-state index is 0.0888. The summed E-state index contributed by atoms with van der Waals surface area (Å²) in [6.45, 7) is 5.24. The van der Waals surface area contributed by atoms with Gasteiger partial charge in [-0.3, -0.25) is 25.0 Å². The average Bonchev–Trinajstić information content (AvgIpc) is 3.04. The molecule has 0 bridgehead atoms. The topological polar surface area (TPSA) is 127 Å². The number of carbonyl (C=O) groups is 3. The molecule has 1 aliphatic rings. The third-order valence-electron chi connectivity index (χ3n) is 5.28. The fourth-order valence-electron chi connectivity index (χ4n) is 3.66. The smallest absolute Gasteiger partial charge is 0.273 e. The van der Waals surface area contributed by atoms with Crippen LogP contribution in [0.1, 0.15) is 22.5 Å². The van der Waals surface area contributed by atoms with Gasteiger partial charge < -0.3 is 0 Å². The largest absolute Gasteiger partial charge is 0.335 e. The Kier molecular flexibility index (Phi) is 5.34. The second kappa shape index (κ2) is 8.15. The SMILES string of the molecule is Cc1cccc(N2C(=O)NC(=O)/C(=C\c3c(C)nn(-c4cccc([N+](=O)[O-])c4)c3C)C2=O)c1. The summed E-state index contributed by atoms with van der Waals surface area (Å²) in [5, 5.41) is 17.8. The monoisotopic (exact) mass is 445 g/mol. The summed E-state index contributed by atoms with van der Waals surface area (Å²) in [7, 11) is 0. The number of barbiturate groups is 1. The number of anilines is 1. The zero-order valence-corrected chi connectivity index (χ0v) is 18.0. The highest BCUT2D eigenvalue weighted by Crippen LogP contribution is 2.26. The molecular weight excluding hydrogens is 426 g/mol. The van der Waals surface area contributed by atoms with Crippen LogP contribution in [0, 0.1) is 30.9 Å². The molecule has 33 heavy (non-hydrogen) atoms. The quantitative estimate of drug-likeness (QED) is 0.284. The summed E-state index contributed by atoms with van der Waals surface area (Å²) in [5.41, 5.74) is 2.92. The molecule has 1 N–H and O–H groups in total. The number of amides is 4. The Bertz CT molecular complexity index is 1370. The second-order valence-electron chi connectivity index (χ2n) is 7.57. The summed E-state index contributed by atoms with van der Waals surface area (Å²) in [6.07, 6.45) is 1.39. The number of carbonyl (C=O) groups excluding carboxylic acids is 3. The minimum Gasteiger partial charge on any atom is -0.273 e. The molecule has 2 aromatic carbocycles. The maximum atomic E-state index is 13.2. The zero-order chi connectivity index (χ0) is 23.9. The Labute approximate surface area is 188 Å². The Balaban J connectivity index is 1.77. The van der Waals surface area contributed by atoms with Crippen molar-refractivity contribution in [2.45, 2.75) is 20.8 Å². The van der Waals surface area contributed by atoms with E-state index in [9.17, 15) is 24.5 Å². The number of non-ortho nitro benzene ring substituents is 1. The third-order valence-corrected chi connectivity index (χ3v) is 5.28. The number of imide groups is 2. The number of hydrogen-bond donors (Lipinski definition) is 1. The van der Waals surface area contributed by atoms with E-state index < -0.39 is 22.8 Å².